The summed E-state index contributed by atoms with van der Waals surface area (Å²) in [5, 5.41) is 14.5. The van der Waals surface area contributed by atoms with Gasteiger partial charge in [0, 0.05) is 36.4 Å². The Morgan fingerprint density at radius 3 is 2.39 bits per heavy atom. The lowest BCUT2D eigenvalue weighted by atomic mass is 10.1. The number of imidazole rings is 1. The van der Waals surface area contributed by atoms with Gasteiger partial charge >= 0.3 is 0 Å². The maximum atomic E-state index is 11.7. The predicted octanol–water partition coefficient (Wildman–Crippen LogP) is 3.67. The van der Waals surface area contributed by atoms with Gasteiger partial charge in [-0.3, -0.25) is 10.1 Å². The van der Waals surface area contributed by atoms with E-state index in [-0.39, 0.29) is 22.3 Å². The first-order chi connectivity index (χ1) is 13.2. The van der Waals surface area contributed by atoms with Crippen LogP contribution in [0.4, 0.5) is 11.4 Å². The Labute approximate surface area is 162 Å². The molecule has 1 N–H and O–H groups in total. The molecule has 0 aliphatic heterocycles. The Bertz CT molecular complexity index is 1120. The van der Waals surface area contributed by atoms with E-state index in [4.69, 9.17) is 0 Å². The maximum Gasteiger partial charge on any atom is 0.293 e. The lowest BCUT2D eigenvalue weighted by molar-refractivity contribution is -0.384. The summed E-state index contributed by atoms with van der Waals surface area (Å²) in [4.78, 5) is 14.9. The van der Waals surface area contributed by atoms with Crippen LogP contribution in [0.1, 0.15) is 24.4 Å². The van der Waals surface area contributed by atoms with Gasteiger partial charge in [0.1, 0.15) is 11.5 Å². The third-order valence-electron chi connectivity index (χ3n) is 4.46. The quantitative estimate of drug-likeness (QED) is 0.500. The molecule has 3 rings (SSSR count). The van der Waals surface area contributed by atoms with Crippen LogP contribution in [0.2, 0.25) is 0 Å². The molecule has 146 valence electrons. The number of rotatable bonds is 6. The van der Waals surface area contributed by atoms with Crippen LogP contribution in [0.5, 0.6) is 0 Å². The zero-order valence-corrected chi connectivity index (χ0v) is 16.5. The summed E-state index contributed by atoms with van der Waals surface area (Å²) >= 11 is 0. The van der Waals surface area contributed by atoms with Crippen molar-refractivity contribution < 1.29 is 13.3 Å². The highest BCUT2D eigenvalue weighted by molar-refractivity contribution is 7.90. The van der Waals surface area contributed by atoms with Crippen molar-refractivity contribution in [1.29, 1.82) is 0 Å². The van der Waals surface area contributed by atoms with Crippen molar-refractivity contribution in [3.05, 3.63) is 76.4 Å². The molecule has 0 fully saturated rings. The number of nitro groups is 1. The molecule has 0 saturated carbocycles. The summed E-state index contributed by atoms with van der Waals surface area (Å²) in [5.41, 5.74) is 1.89. The molecule has 0 spiro atoms. The van der Waals surface area contributed by atoms with Crippen LogP contribution >= 0.6 is 0 Å². The van der Waals surface area contributed by atoms with Crippen LogP contribution < -0.4 is 5.32 Å². The van der Waals surface area contributed by atoms with E-state index >= 15 is 0 Å². The molecule has 0 radical (unpaired) electrons. The van der Waals surface area contributed by atoms with Gasteiger partial charge in [0.25, 0.3) is 5.69 Å². The highest BCUT2D eigenvalue weighted by atomic mass is 32.2. The van der Waals surface area contributed by atoms with Crippen LogP contribution in [0.15, 0.2) is 59.8 Å². The van der Waals surface area contributed by atoms with E-state index in [0.29, 0.717) is 0 Å². The molecule has 2 aromatic carbocycles. The van der Waals surface area contributed by atoms with E-state index in [1.54, 1.807) is 6.20 Å². The largest absolute Gasteiger partial charge is 0.373 e. The average Bonchev–Trinajstić information content (AvgIpc) is 3.07. The van der Waals surface area contributed by atoms with Crippen LogP contribution in [0.3, 0.4) is 0 Å². The van der Waals surface area contributed by atoms with Gasteiger partial charge < -0.3 is 9.88 Å². The highest BCUT2D eigenvalue weighted by Crippen LogP contribution is 2.31. The SMILES string of the molecule is Cc1nccn1-c1ccc([C@H](C)Nc2ccc(S(C)(=O)=O)cc2[N+](=O)[O-])cc1. The van der Waals surface area contributed by atoms with Crippen molar-refractivity contribution >= 4 is 21.2 Å². The predicted molar refractivity (Wildman–Crippen MR) is 107 cm³/mol. The summed E-state index contributed by atoms with van der Waals surface area (Å²) in [7, 11) is -3.53. The third-order valence-corrected chi connectivity index (χ3v) is 5.57. The number of hydrogen-bond donors (Lipinski definition) is 1. The summed E-state index contributed by atoms with van der Waals surface area (Å²) < 4.78 is 25.3. The van der Waals surface area contributed by atoms with Crippen molar-refractivity contribution in [3.8, 4) is 5.69 Å². The number of aromatic nitrogens is 2. The number of hydrogen-bond acceptors (Lipinski definition) is 6. The van der Waals surface area contributed by atoms with E-state index in [1.807, 2.05) is 48.9 Å². The molecule has 3 aromatic rings. The topological polar surface area (TPSA) is 107 Å². The number of nitrogens with zero attached hydrogens (tertiary/aromatic N) is 3. The molecule has 8 nitrogen and oxygen atoms in total. The monoisotopic (exact) mass is 400 g/mol. The molecule has 0 aliphatic rings. The molecule has 1 atom stereocenters. The summed E-state index contributed by atoms with van der Waals surface area (Å²) in [6.07, 6.45) is 4.62. The Balaban J connectivity index is 1.85. The Morgan fingerprint density at radius 1 is 1.18 bits per heavy atom. The molecule has 0 amide bonds. The molecular weight excluding hydrogens is 380 g/mol. The van der Waals surface area contributed by atoms with Crippen molar-refractivity contribution in [2.45, 2.75) is 24.8 Å². The number of aryl methyl sites for hydroxylation is 1. The lowest BCUT2D eigenvalue weighted by Gasteiger charge is -2.17. The fourth-order valence-electron chi connectivity index (χ4n) is 2.91. The molecule has 0 saturated heterocycles. The Kier molecular flexibility index (Phi) is 5.19. The fraction of sp³-hybridized carbons (Fsp3) is 0.211. The van der Waals surface area contributed by atoms with Crippen LogP contribution in [-0.2, 0) is 9.84 Å². The van der Waals surface area contributed by atoms with E-state index in [2.05, 4.69) is 10.3 Å². The van der Waals surface area contributed by atoms with Crippen molar-refractivity contribution in [3.63, 3.8) is 0 Å². The van der Waals surface area contributed by atoms with Gasteiger partial charge in [0.2, 0.25) is 0 Å². The number of sulfone groups is 1. The lowest BCUT2D eigenvalue weighted by Crippen LogP contribution is -2.09. The van der Waals surface area contributed by atoms with Crippen molar-refractivity contribution in [1.82, 2.24) is 9.55 Å². The van der Waals surface area contributed by atoms with E-state index < -0.39 is 14.8 Å². The van der Waals surface area contributed by atoms with Gasteiger partial charge in [0.05, 0.1) is 9.82 Å². The molecule has 1 heterocycles. The van der Waals surface area contributed by atoms with Crippen LogP contribution in [0.25, 0.3) is 5.69 Å². The molecular formula is C19H20N4O4S. The maximum absolute atomic E-state index is 11.7. The minimum atomic E-state index is -3.53. The molecule has 1 aromatic heterocycles. The van der Waals surface area contributed by atoms with E-state index in [0.717, 1.165) is 29.4 Å². The Hall–Kier alpha value is -3.20. The third kappa shape index (κ3) is 4.04. The number of benzene rings is 2. The van der Waals surface area contributed by atoms with Gasteiger partial charge in [-0.25, -0.2) is 13.4 Å². The van der Waals surface area contributed by atoms with Gasteiger partial charge in [-0.2, -0.15) is 0 Å². The second-order valence-electron chi connectivity index (χ2n) is 6.51. The molecule has 9 heteroatoms. The first kappa shape index (κ1) is 19.6. The standard InChI is InChI=1S/C19H20N4O4S/c1-13(15-4-6-16(7-5-15)22-11-10-20-14(22)2)21-18-9-8-17(28(3,26)27)12-19(18)23(24)25/h4-13,21H,1-3H3/t13-/m0/s1. The van der Waals surface area contributed by atoms with Crippen molar-refractivity contribution in [2.24, 2.45) is 0 Å². The normalized spacial score (nSPS) is 12.5. The van der Waals surface area contributed by atoms with Gasteiger partial charge in [-0.05, 0) is 43.7 Å². The number of nitrogens with one attached hydrogen (secondary N) is 1. The average molecular weight is 400 g/mol. The van der Waals surface area contributed by atoms with Crippen LogP contribution in [0, 0.1) is 17.0 Å². The van der Waals surface area contributed by atoms with E-state index in [1.165, 1.54) is 12.1 Å². The molecule has 0 aliphatic carbocycles. The summed E-state index contributed by atoms with van der Waals surface area (Å²) in [5.74, 6) is 0.875. The van der Waals surface area contributed by atoms with Crippen molar-refractivity contribution in [2.75, 3.05) is 11.6 Å². The molecule has 0 bridgehead atoms. The Morgan fingerprint density at radius 2 is 1.86 bits per heavy atom. The molecule has 28 heavy (non-hydrogen) atoms. The zero-order valence-electron chi connectivity index (χ0n) is 15.7. The second kappa shape index (κ2) is 7.43. The van der Waals surface area contributed by atoms with E-state index in [9.17, 15) is 18.5 Å². The molecule has 0 unspecified atom stereocenters. The smallest absolute Gasteiger partial charge is 0.293 e. The fourth-order valence-corrected chi connectivity index (χ4v) is 3.55. The second-order valence-corrected chi connectivity index (χ2v) is 8.53. The first-order valence-electron chi connectivity index (χ1n) is 8.52. The number of nitro benzene ring substituents is 1. The van der Waals surface area contributed by atoms with Gasteiger partial charge in [0.15, 0.2) is 9.84 Å². The minimum Gasteiger partial charge on any atom is -0.373 e. The van der Waals surface area contributed by atoms with Gasteiger partial charge in [-0.1, -0.05) is 12.1 Å². The summed E-state index contributed by atoms with van der Waals surface area (Å²) in [6.45, 7) is 3.79. The minimum absolute atomic E-state index is 0.0857. The zero-order chi connectivity index (χ0) is 20.5. The van der Waals surface area contributed by atoms with Gasteiger partial charge in [-0.15, -0.1) is 0 Å². The summed E-state index contributed by atoms with van der Waals surface area (Å²) in [6, 6.07) is 11.4. The first-order valence-corrected chi connectivity index (χ1v) is 10.4. The number of anilines is 1. The van der Waals surface area contributed by atoms with Crippen LogP contribution in [-0.4, -0.2) is 29.1 Å². The highest BCUT2D eigenvalue weighted by Gasteiger charge is 2.20.